The van der Waals surface area contributed by atoms with Gasteiger partial charge in [0, 0.05) is 11.1 Å². The van der Waals surface area contributed by atoms with Gasteiger partial charge < -0.3 is 9.84 Å². The van der Waals surface area contributed by atoms with Crippen LogP contribution < -0.4 is 0 Å². The number of aromatic hydroxyl groups is 1. The number of carbonyl (C=O) groups excluding carboxylic acids is 1. The average molecular weight is 503 g/mol. The number of phenolic OH excluding ortho intramolecular Hbond substituents is 1. The topological polar surface area (TPSA) is 63.8 Å². The van der Waals surface area contributed by atoms with E-state index < -0.39 is 0 Å². The summed E-state index contributed by atoms with van der Waals surface area (Å²) in [7, 11) is 0. The van der Waals surface area contributed by atoms with Crippen LogP contribution in [0.3, 0.4) is 0 Å². The minimum absolute atomic E-state index is 0.298. The van der Waals surface area contributed by atoms with Crippen molar-refractivity contribution in [2.24, 2.45) is 5.10 Å². The highest BCUT2D eigenvalue weighted by Crippen LogP contribution is 2.30. The highest BCUT2D eigenvalue weighted by molar-refractivity contribution is 5.93. The summed E-state index contributed by atoms with van der Waals surface area (Å²) < 4.78 is 7.26. The third-order valence-electron chi connectivity index (χ3n) is 6.62. The Balaban J connectivity index is 2.15. The van der Waals surface area contributed by atoms with E-state index in [4.69, 9.17) is 9.84 Å². The lowest BCUT2D eigenvalue weighted by Gasteiger charge is -2.12. The van der Waals surface area contributed by atoms with Crippen LogP contribution in [0.2, 0.25) is 0 Å². The van der Waals surface area contributed by atoms with Gasteiger partial charge in [-0.05, 0) is 68.7 Å². The Bertz CT molecular complexity index is 1180. The predicted octanol–water partition coefficient (Wildman–Crippen LogP) is 7.95. The molecule has 0 aliphatic heterocycles. The Morgan fingerprint density at radius 3 is 2.27 bits per heavy atom. The number of nitrogens with zero attached hydrogens (tertiary/aromatic N) is 2. The molecule has 3 aromatic rings. The molecule has 3 rings (SSSR count). The van der Waals surface area contributed by atoms with Crippen LogP contribution in [0.4, 0.5) is 0 Å². The number of hydrogen-bond donors (Lipinski definition) is 1. The van der Waals surface area contributed by atoms with Gasteiger partial charge in [-0.25, -0.2) is 9.47 Å². The second-order valence-corrected chi connectivity index (χ2v) is 9.54. The van der Waals surface area contributed by atoms with Gasteiger partial charge in [0.1, 0.15) is 5.75 Å². The molecular weight excluding hydrogens is 460 g/mol. The van der Waals surface area contributed by atoms with E-state index in [1.165, 1.54) is 5.56 Å². The highest BCUT2D eigenvalue weighted by Gasteiger charge is 2.22. The molecule has 1 heterocycles. The first-order valence-electron chi connectivity index (χ1n) is 13.9. The Morgan fingerprint density at radius 1 is 0.919 bits per heavy atom. The maximum absolute atomic E-state index is 12.9. The van der Waals surface area contributed by atoms with Crippen LogP contribution in [-0.2, 0) is 24.0 Å². The van der Waals surface area contributed by atoms with Crippen LogP contribution in [-0.4, -0.2) is 28.6 Å². The summed E-state index contributed by atoms with van der Waals surface area (Å²) in [6.07, 6.45) is 10.5. The van der Waals surface area contributed by atoms with Crippen molar-refractivity contribution in [3.8, 4) is 17.0 Å². The third kappa shape index (κ3) is 7.34. The Labute approximate surface area is 222 Å². The number of ether oxygens (including phenoxy) is 1. The van der Waals surface area contributed by atoms with E-state index in [0.717, 1.165) is 73.9 Å². The fourth-order valence-electron chi connectivity index (χ4n) is 4.55. The van der Waals surface area contributed by atoms with E-state index >= 15 is 0 Å². The van der Waals surface area contributed by atoms with Crippen molar-refractivity contribution < 1.29 is 14.6 Å². The second-order valence-electron chi connectivity index (χ2n) is 9.54. The zero-order valence-electron chi connectivity index (χ0n) is 22.9. The van der Waals surface area contributed by atoms with Gasteiger partial charge in [-0.15, -0.1) is 0 Å². The normalized spacial score (nSPS) is 11.4. The molecule has 1 aromatic heterocycles. The molecule has 2 aromatic carbocycles. The van der Waals surface area contributed by atoms with Crippen molar-refractivity contribution in [2.75, 3.05) is 6.61 Å². The fourth-order valence-corrected chi connectivity index (χ4v) is 4.55. The quantitative estimate of drug-likeness (QED) is 0.180. The Hall–Kier alpha value is -3.34. The van der Waals surface area contributed by atoms with Crippen LogP contribution in [0, 0.1) is 0 Å². The molecule has 0 saturated heterocycles. The monoisotopic (exact) mass is 502 g/mol. The predicted molar refractivity (Wildman–Crippen MR) is 153 cm³/mol. The average Bonchev–Trinajstić information content (AvgIpc) is 3.28. The largest absolute Gasteiger partial charge is 0.507 e. The minimum atomic E-state index is -0.328. The summed E-state index contributed by atoms with van der Waals surface area (Å²) in [6.45, 7) is 8.63. The minimum Gasteiger partial charge on any atom is -0.507 e. The summed E-state index contributed by atoms with van der Waals surface area (Å²) in [6, 6.07) is 16.1. The Morgan fingerprint density at radius 2 is 1.59 bits per heavy atom. The van der Waals surface area contributed by atoms with Gasteiger partial charge in [-0.1, -0.05) is 76.4 Å². The SMILES string of the molecule is CCCCc1cc(/C=N/n2c(-c3ccccc3)cc(C(=O)OCC)c2CCCC)c(O)c(CCCC)c1. The standard InChI is InChI=1S/C32H42N2O3/c1-5-9-15-24-20-26(16-10-6-2)31(35)27(21-24)23-33-34-29(19-11-7-3)28(32(36)37-8-4)22-30(34)25-17-13-12-14-18-25/h12-14,17-18,20-23,35H,5-11,15-16,19H2,1-4H3/b33-23+. The molecule has 0 atom stereocenters. The lowest BCUT2D eigenvalue weighted by atomic mass is 9.97. The highest BCUT2D eigenvalue weighted by atomic mass is 16.5. The first-order chi connectivity index (χ1) is 18.0. The smallest absolute Gasteiger partial charge is 0.340 e. The summed E-state index contributed by atoms with van der Waals surface area (Å²) in [5.41, 5.74) is 6.11. The van der Waals surface area contributed by atoms with Crippen LogP contribution in [0.1, 0.15) is 99.0 Å². The van der Waals surface area contributed by atoms with Crippen molar-refractivity contribution in [1.29, 1.82) is 0 Å². The van der Waals surface area contributed by atoms with E-state index in [1.54, 1.807) is 6.21 Å². The lowest BCUT2D eigenvalue weighted by molar-refractivity contribution is 0.0525. The number of carbonyl (C=O) groups is 1. The molecule has 0 aliphatic carbocycles. The van der Waals surface area contributed by atoms with Gasteiger partial charge in [0.05, 0.1) is 29.8 Å². The van der Waals surface area contributed by atoms with E-state index in [-0.39, 0.29) is 5.97 Å². The van der Waals surface area contributed by atoms with Gasteiger partial charge in [0.2, 0.25) is 0 Å². The van der Waals surface area contributed by atoms with Gasteiger partial charge in [-0.2, -0.15) is 5.10 Å². The van der Waals surface area contributed by atoms with E-state index in [1.807, 2.05) is 54.1 Å². The zero-order chi connectivity index (χ0) is 26.6. The summed E-state index contributed by atoms with van der Waals surface area (Å²) >= 11 is 0. The van der Waals surface area contributed by atoms with Crippen molar-refractivity contribution >= 4 is 12.2 Å². The van der Waals surface area contributed by atoms with E-state index in [0.29, 0.717) is 29.9 Å². The van der Waals surface area contributed by atoms with Gasteiger partial charge >= 0.3 is 5.97 Å². The number of phenols is 1. The first kappa shape index (κ1) is 28.2. The molecule has 0 saturated carbocycles. The molecule has 5 nitrogen and oxygen atoms in total. The van der Waals surface area contributed by atoms with Gasteiger partial charge in [-0.3, -0.25) is 0 Å². The molecule has 0 amide bonds. The molecule has 0 fully saturated rings. The second kappa shape index (κ2) is 14.4. The first-order valence-corrected chi connectivity index (χ1v) is 13.9. The third-order valence-corrected chi connectivity index (χ3v) is 6.62. The maximum Gasteiger partial charge on any atom is 0.340 e. The van der Waals surface area contributed by atoms with Gasteiger partial charge in [0.15, 0.2) is 0 Å². The molecule has 0 radical (unpaired) electrons. The molecule has 5 heteroatoms. The number of benzene rings is 2. The van der Waals surface area contributed by atoms with Crippen LogP contribution >= 0.6 is 0 Å². The number of aromatic nitrogens is 1. The van der Waals surface area contributed by atoms with E-state index in [9.17, 15) is 9.90 Å². The van der Waals surface area contributed by atoms with Crippen molar-refractivity contribution in [1.82, 2.24) is 4.68 Å². The maximum atomic E-state index is 12.9. The lowest BCUT2D eigenvalue weighted by Crippen LogP contribution is -2.09. The van der Waals surface area contributed by atoms with Crippen LogP contribution in [0.5, 0.6) is 5.75 Å². The molecule has 37 heavy (non-hydrogen) atoms. The number of hydrogen-bond acceptors (Lipinski definition) is 4. The summed E-state index contributed by atoms with van der Waals surface area (Å²) in [5, 5.41) is 16.0. The number of aryl methyl sites for hydroxylation is 2. The number of unbranched alkanes of at least 4 members (excludes halogenated alkanes) is 3. The van der Waals surface area contributed by atoms with Gasteiger partial charge in [0.25, 0.3) is 0 Å². The Kier molecular flexibility index (Phi) is 11.0. The zero-order valence-corrected chi connectivity index (χ0v) is 22.9. The van der Waals surface area contributed by atoms with Crippen molar-refractivity contribution in [2.45, 2.75) is 85.5 Å². The van der Waals surface area contributed by atoms with Crippen molar-refractivity contribution in [3.05, 3.63) is 76.5 Å². The molecule has 0 bridgehead atoms. The number of esters is 1. The summed E-state index contributed by atoms with van der Waals surface area (Å²) in [4.78, 5) is 12.9. The molecule has 0 unspecified atom stereocenters. The fraction of sp³-hybridized carbons (Fsp3) is 0.438. The molecule has 1 N–H and O–H groups in total. The molecule has 0 spiro atoms. The molecule has 0 aliphatic rings. The number of rotatable bonds is 14. The molecular formula is C32H42N2O3. The van der Waals surface area contributed by atoms with E-state index in [2.05, 4.69) is 26.8 Å². The van der Waals surface area contributed by atoms with Crippen LogP contribution in [0.15, 0.2) is 53.6 Å². The van der Waals surface area contributed by atoms with Crippen molar-refractivity contribution in [3.63, 3.8) is 0 Å². The molecule has 198 valence electrons. The summed E-state index contributed by atoms with van der Waals surface area (Å²) in [5.74, 6) is -0.0300. The van der Waals surface area contributed by atoms with Crippen LogP contribution in [0.25, 0.3) is 11.3 Å².